The molecule has 0 spiro atoms. The van der Waals surface area contributed by atoms with Crippen molar-refractivity contribution in [1.29, 1.82) is 0 Å². The normalized spacial score (nSPS) is 25.7. The zero-order valence-corrected chi connectivity index (χ0v) is 13.9. The predicted molar refractivity (Wildman–Crippen MR) is 85.9 cm³/mol. The summed E-state index contributed by atoms with van der Waals surface area (Å²) in [6.45, 7) is 0.674. The van der Waals surface area contributed by atoms with Gasteiger partial charge in [-0.2, -0.15) is 0 Å². The van der Waals surface area contributed by atoms with E-state index in [0.717, 1.165) is 5.56 Å². The van der Waals surface area contributed by atoms with Gasteiger partial charge in [0.2, 0.25) is 5.91 Å². The number of rotatable bonds is 4. The minimum atomic E-state index is -1.22. The highest BCUT2D eigenvalue weighted by atomic mass is 35.5. The van der Waals surface area contributed by atoms with Gasteiger partial charge in [-0.15, -0.1) is 0 Å². The first-order valence-corrected chi connectivity index (χ1v) is 8.27. The molecule has 2 aliphatic rings. The van der Waals surface area contributed by atoms with Gasteiger partial charge in [0.15, 0.2) is 0 Å². The van der Waals surface area contributed by atoms with Crippen LogP contribution in [0, 0.1) is 5.92 Å². The van der Waals surface area contributed by atoms with Gasteiger partial charge in [-0.1, -0.05) is 29.3 Å². The van der Waals surface area contributed by atoms with E-state index in [2.05, 4.69) is 5.32 Å². The van der Waals surface area contributed by atoms with Crippen LogP contribution in [-0.4, -0.2) is 35.7 Å². The van der Waals surface area contributed by atoms with E-state index in [1.165, 1.54) is 0 Å². The molecule has 1 aliphatic carbocycles. The molecule has 2 N–H and O–H groups in total. The number of hydrogen-bond acceptors (Lipinski definition) is 3. The van der Waals surface area contributed by atoms with Crippen LogP contribution in [-0.2, 0) is 14.3 Å². The molecule has 3 rings (SSSR count). The SMILES string of the molecule is O=C(NC1(C(=O)O)CCOCC1)C1CC1c1ccc(Cl)cc1Cl. The molecule has 1 saturated carbocycles. The Kier molecular flexibility index (Phi) is 4.54. The van der Waals surface area contributed by atoms with Gasteiger partial charge in [-0.05, 0) is 30.0 Å². The van der Waals surface area contributed by atoms with E-state index in [0.29, 0.717) is 29.7 Å². The second-order valence-electron chi connectivity index (χ2n) is 6.10. The highest BCUT2D eigenvalue weighted by Crippen LogP contribution is 2.50. The Morgan fingerprint density at radius 2 is 1.96 bits per heavy atom. The molecule has 7 heteroatoms. The van der Waals surface area contributed by atoms with Gasteiger partial charge < -0.3 is 15.2 Å². The third-order valence-corrected chi connectivity index (χ3v) is 5.17. The summed E-state index contributed by atoms with van der Waals surface area (Å²) < 4.78 is 5.21. The maximum Gasteiger partial charge on any atom is 0.329 e. The molecule has 0 bridgehead atoms. The standard InChI is InChI=1S/C16H17Cl2NO4/c17-9-1-2-10(13(18)7-9)11-8-12(11)14(20)19-16(15(21)22)3-5-23-6-4-16/h1-2,7,11-12H,3-6,8H2,(H,19,20)(H,21,22). The Morgan fingerprint density at radius 3 is 2.57 bits per heavy atom. The Balaban J connectivity index is 1.69. The fraction of sp³-hybridized carbons (Fsp3) is 0.500. The van der Waals surface area contributed by atoms with Crippen molar-refractivity contribution in [2.24, 2.45) is 5.92 Å². The molecule has 1 aromatic carbocycles. The van der Waals surface area contributed by atoms with E-state index >= 15 is 0 Å². The minimum absolute atomic E-state index is 0.0189. The van der Waals surface area contributed by atoms with E-state index in [1.54, 1.807) is 12.1 Å². The topological polar surface area (TPSA) is 75.6 Å². The number of carboxylic acid groups (broad SMARTS) is 1. The van der Waals surface area contributed by atoms with Crippen molar-refractivity contribution < 1.29 is 19.4 Å². The molecule has 1 heterocycles. The summed E-state index contributed by atoms with van der Waals surface area (Å²) in [7, 11) is 0. The largest absolute Gasteiger partial charge is 0.480 e. The number of aliphatic carboxylic acids is 1. The molecule has 1 amide bonds. The number of amides is 1. The number of ether oxygens (including phenoxy) is 1. The Morgan fingerprint density at radius 1 is 1.26 bits per heavy atom. The number of benzene rings is 1. The van der Waals surface area contributed by atoms with Crippen molar-refractivity contribution in [2.75, 3.05) is 13.2 Å². The van der Waals surface area contributed by atoms with Crippen molar-refractivity contribution in [3.63, 3.8) is 0 Å². The fourth-order valence-corrected chi connectivity index (χ4v) is 3.62. The van der Waals surface area contributed by atoms with Crippen molar-refractivity contribution in [3.8, 4) is 0 Å². The number of carbonyl (C=O) groups is 2. The summed E-state index contributed by atoms with van der Waals surface area (Å²) in [5.41, 5.74) is -0.334. The van der Waals surface area contributed by atoms with Gasteiger partial charge in [0.05, 0.1) is 0 Å². The molecule has 1 aliphatic heterocycles. The number of carbonyl (C=O) groups excluding carboxylic acids is 1. The Hall–Kier alpha value is -1.30. The van der Waals surface area contributed by atoms with E-state index in [4.69, 9.17) is 27.9 Å². The van der Waals surface area contributed by atoms with Crippen LogP contribution < -0.4 is 5.32 Å². The summed E-state index contributed by atoms with van der Waals surface area (Å²) in [6.07, 6.45) is 1.24. The number of carboxylic acids is 1. The van der Waals surface area contributed by atoms with Crippen LogP contribution in [0.15, 0.2) is 18.2 Å². The smallest absolute Gasteiger partial charge is 0.329 e. The van der Waals surface area contributed by atoms with Crippen LogP contribution in [0.5, 0.6) is 0 Å². The van der Waals surface area contributed by atoms with Crippen LogP contribution in [0.4, 0.5) is 0 Å². The van der Waals surface area contributed by atoms with Crippen molar-refractivity contribution in [2.45, 2.75) is 30.7 Å². The van der Waals surface area contributed by atoms with Crippen LogP contribution in [0.25, 0.3) is 0 Å². The van der Waals surface area contributed by atoms with Gasteiger partial charge in [-0.3, -0.25) is 4.79 Å². The van der Waals surface area contributed by atoms with Gasteiger partial charge in [0.1, 0.15) is 5.54 Å². The number of halogens is 2. The first-order valence-electron chi connectivity index (χ1n) is 7.51. The molecule has 1 aromatic rings. The maximum absolute atomic E-state index is 12.5. The summed E-state index contributed by atoms with van der Waals surface area (Å²) in [4.78, 5) is 24.1. The van der Waals surface area contributed by atoms with Crippen LogP contribution in [0.3, 0.4) is 0 Å². The first-order chi connectivity index (χ1) is 10.9. The third kappa shape index (κ3) is 3.32. The zero-order chi connectivity index (χ0) is 16.6. The average Bonchev–Trinajstić information content (AvgIpc) is 3.28. The molecule has 0 aromatic heterocycles. The lowest BCUT2D eigenvalue weighted by atomic mass is 9.89. The van der Waals surface area contributed by atoms with Gasteiger partial charge in [0, 0.05) is 42.0 Å². The lowest BCUT2D eigenvalue weighted by molar-refractivity contribution is -0.152. The third-order valence-electron chi connectivity index (χ3n) is 4.61. The van der Waals surface area contributed by atoms with E-state index < -0.39 is 11.5 Å². The van der Waals surface area contributed by atoms with Gasteiger partial charge >= 0.3 is 5.97 Å². The molecule has 2 unspecified atom stereocenters. The monoisotopic (exact) mass is 357 g/mol. The molecular weight excluding hydrogens is 341 g/mol. The molecule has 23 heavy (non-hydrogen) atoms. The summed E-state index contributed by atoms with van der Waals surface area (Å²) in [6, 6.07) is 5.22. The molecule has 0 radical (unpaired) electrons. The molecule has 2 atom stereocenters. The molecule has 5 nitrogen and oxygen atoms in total. The fourth-order valence-electron chi connectivity index (χ4n) is 3.07. The van der Waals surface area contributed by atoms with Gasteiger partial charge in [-0.25, -0.2) is 4.79 Å². The quantitative estimate of drug-likeness (QED) is 0.868. The van der Waals surface area contributed by atoms with E-state index in [1.807, 2.05) is 6.07 Å². The summed E-state index contributed by atoms with van der Waals surface area (Å²) in [5, 5.41) is 13.3. The highest BCUT2D eigenvalue weighted by molar-refractivity contribution is 6.35. The first kappa shape index (κ1) is 16.6. The highest BCUT2D eigenvalue weighted by Gasteiger charge is 2.49. The Labute approximate surface area is 143 Å². The molecule has 2 fully saturated rings. The van der Waals surface area contributed by atoms with Crippen molar-refractivity contribution >= 4 is 35.1 Å². The average molecular weight is 358 g/mol. The van der Waals surface area contributed by atoms with E-state index in [9.17, 15) is 14.7 Å². The lowest BCUT2D eigenvalue weighted by Gasteiger charge is -2.34. The van der Waals surface area contributed by atoms with Crippen molar-refractivity contribution in [1.82, 2.24) is 5.32 Å². The predicted octanol–water partition coefficient (Wildman–Crippen LogP) is 2.85. The maximum atomic E-state index is 12.5. The zero-order valence-electron chi connectivity index (χ0n) is 12.4. The van der Waals surface area contributed by atoms with Crippen LogP contribution in [0.1, 0.15) is 30.7 Å². The van der Waals surface area contributed by atoms with Crippen molar-refractivity contribution in [3.05, 3.63) is 33.8 Å². The Bertz CT molecular complexity index is 643. The van der Waals surface area contributed by atoms with Crippen LogP contribution in [0.2, 0.25) is 10.0 Å². The molecule has 1 saturated heterocycles. The molecule has 124 valence electrons. The number of hydrogen-bond donors (Lipinski definition) is 2. The van der Waals surface area contributed by atoms with Crippen LogP contribution >= 0.6 is 23.2 Å². The summed E-state index contributed by atoms with van der Waals surface area (Å²) >= 11 is 12.1. The lowest BCUT2D eigenvalue weighted by Crippen LogP contribution is -2.57. The summed E-state index contributed by atoms with van der Waals surface area (Å²) in [5.74, 6) is -1.46. The molecular formula is C16H17Cl2NO4. The number of nitrogens with one attached hydrogen (secondary N) is 1. The van der Waals surface area contributed by atoms with E-state index in [-0.39, 0.29) is 30.6 Å². The minimum Gasteiger partial charge on any atom is -0.480 e. The van der Waals surface area contributed by atoms with Gasteiger partial charge in [0.25, 0.3) is 0 Å². The second kappa shape index (κ2) is 6.30. The second-order valence-corrected chi connectivity index (χ2v) is 6.95.